The molecule has 0 aliphatic carbocycles. The molecule has 100 valence electrons. The second-order valence-electron chi connectivity index (χ2n) is 4.85. The Morgan fingerprint density at radius 3 is 2.53 bits per heavy atom. The third kappa shape index (κ3) is 2.43. The average Bonchev–Trinajstić information content (AvgIpc) is 2.73. The second kappa shape index (κ2) is 5.34. The van der Waals surface area contributed by atoms with Gasteiger partial charge in [0.1, 0.15) is 0 Å². The Morgan fingerprint density at radius 1 is 1.32 bits per heavy atom. The molecule has 4 heteroatoms. The molecular formula is C15H19N3O. The third-order valence-electron chi connectivity index (χ3n) is 3.57. The van der Waals surface area contributed by atoms with E-state index in [0.717, 1.165) is 17.8 Å². The monoisotopic (exact) mass is 257 g/mol. The van der Waals surface area contributed by atoms with E-state index < -0.39 is 0 Å². The van der Waals surface area contributed by atoms with Gasteiger partial charge in [-0.2, -0.15) is 5.10 Å². The highest BCUT2D eigenvalue weighted by molar-refractivity contribution is 5.95. The number of carbonyl (C=O) groups excluding carboxylic acids is 1. The summed E-state index contributed by atoms with van der Waals surface area (Å²) in [6.07, 6.45) is 4.28. The zero-order valence-electron chi connectivity index (χ0n) is 11.8. The van der Waals surface area contributed by atoms with Gasteiger partial charge in [-0.15, -0.1) is 0 Å². The SMILES string of the molecule is CCC(C)c1c(C)nn(C(=O)c2ccncc2)c1C. The van der Waals surface area contributed by atoms with Crippen molar-refractivity contribution in [3.05, 3.63) is 47.0 Å². The molecule has 2 rings (SSSR count). The summed E-state index contributed by atoms with van der Waals surface area (Å²) in [5.41, 5.74) is 3.67. The molecule has 2 aromatic rings. The van der Waals surface area contributed by atoms with Gasteiger partial charge in [0.25, 0.3) is 5.91 Å². The lowest BCUT2D eigenvalue weighted by Crippen LogP contribution is -2.15. The van der Waals surface area contributed by atoms with Crippen LogP contribution in [0.4, 0.5) is 0 Å². The summed E-state index contributed by atoms with van der Waals surface area (Å²) in [4.78, 5) is 16.3. The van der Waals surface area contributed by atoms with Gasteiger partial charge in [-0.05, 0) is 43.9 Å². The molecule has 0 saturated heterocycles. The smallest absolute Gasteiger partial charge is 0.267 e. The Bertz CT molecular complexity index is 587. The van der Waals surface area contributed by atoms with Gasteiger partial charge in [0.15, 0.2) is 0 Å². The lowest BCUT2D eigenvalue weighted by molar-refractivity contribution is 0.0942. The maximum absolute atomic E-state index is 12.4. The van der Waals surface area contributed by atoms with Crippen molar-refractivity contribution in [1.29, 1.82) is 0 Å². The molecule has 1 atom stereocenters. The first-order valence-electron chi connectivity index (χ1n) is 6.57. The maximum atomic E-state index is 12.4. The fourth-order valence-corrected chi connectivity index (χ4v) is 2.39. The van der Waals surface area contributed by atoms with E-state index >= 15 is 0 Å². The number of carbonyl (C=O) groups is 1. The van der Waals surface area contributed by atoms with E-state index in [9.17, 15) is 4.79 Å². The molecule has 0 radical (unpaired) electrons. The van der Waals surface area contributed by atoms with Crippen LogP contribution in [0.25, 0.3) is 0 Å². The van der Waals surface area contributed by atoms with E-state index in [4.69, 9.17) is 0 Å². The van der Waals surface area contributed by atoms with Crippen molar-refractivity contribution in [3.63, 3.8) is 0 Å². The number of pyridine rings is 1. The first-order chi connectivity index (χ1) is 9.06. The number of aryl methyl sites for hydroxylation is 1. The van der Waals surface area contributed by atoms with Crippen molar-refractivity contribution in [3.8, 4) is 0 Å². The van der Waals surface area contributed by atoms with E-state index in [2.05, 4.69) is 23.9 Å². The van der Waals surface area contributed by atoms with Gasteiger partial charge in [-0.3, -0.25) is 9.78 Å². The Labute approximate surface area is 113 Å². The summed E-state index contributed by atoms with van der Waals surface area (Å²) < 4.78 is 1.51. The lowest BCUT2D eigenvalue weighted by Gasteiger charge is -2.09. The number of hydrogen-bond donors (Lipinski definition) is 0. The molecule has 0 aromatic carbocycles. The molecule has 0 amide bonds. The first kappa shape index (κ1) is 13.5. The standard InChI is InChI=1S/C15H19N3O/c1-5-10(2)14-11(3)17-18(12(14)4)15(19)13-6-8-16-9-7-13/h6-10H,5H2,1-4H3. The molecule has 0 aliphatic heterocycles. The second-order valence-corrected chi connectivity index (χ2v) is 4.85. The Kier molecular flexibility index (Phi) is 3.79. The van der Waals surface area contributed by atoms with E-state index in [1.807, 2.05) is 13.8 Å². The molecule has 0 spiro atoms. The molecule has 4 nitrogen and oxygen atoms in total. The van der Waals surface area contributed by atoms with E-state index in [1.54, 1.807) is 24.5 Å². The van der Waals surface area contributed by atoms with Crippen molar-refractivity contribution in [2.75, 3.05) is 0 Å². The minimum Gasteiger partial charge on any atom is -0.267 e. The van der Waals surface area contributed by atoms with Crippen molar-refractivity contribution < 1.29 is 4.79 Å². The summed E-state index contributed by atoms with van der Waals surface area (Å²) in [6, 6.07) is 3.42. The van der Waals surface area contributed by atoms with Gasteiger partial charge >= 0.3 is 0 Å². The van der Waals surface area contributed by atoms with Crippen LogP contribution < -0.4 is 0 Å². The van der Waals surface area contributed by atoms with Crippen LogP contribution in [-0.4, -0.2) is 20.7 Å². The number of nitrogens with zero attached hydrogens (tertiary/aromatic N) is 3. The number of rotatable bonds is 3. The van der Waals surface area contributed by atoms with Crippen LogP contribution in [0.5, 0.6) is 0 Å². The minimum atomic E-state index is -0.0995. The molecule has 19 heavy (non-hydrogen) atoms. The Morgan fingerprint density at radius 2 is 1.95 bits per heavy atom. The molecule has 0 saturated carbocycles. The minimum absolute atomic E-state index is 0.0995. The Hall–Kier alpha value is -1.97. The van der Waals surface area contributed by atoms with Gasteiger partial charge < -0.3 is 0 Å². The molecule has 1 unspecified atom stereocenters. The largest absolute Gasteiger partial charge is 0.278 e. The normalized spacial score (nSPS) is 12.4. The van der Waals surface area contributed by atoms with Crippen LogP contribution in [0.3, 0.4) is 0 Å². The van der Waals surface area contributed by atoms with Crippen LogP contribution in [0, 0.1) is 13.8 Å². The highest BCUT2D eigenvalue weighted by Crippen LogP contribution is 2.25. The highest BCUT2D eigenvalue weighted by atomic mass is 16.2. The van der Waals surface area contributed by atoms with Crippen LogP contribution in [-0.2, 0) is 0 Å². The van der Waals surface area contributed by atoms with Gasteiger partial charge in [-0.1, -0.05) is 13.8 Å². The van der Waals surface area contributed by atoms with E-state index in [1.165, 1.54) is 10.2 Å². The van der Waals surface area contributed by atoms with Crippen molar-refractivity contribution >= 4 is 5.91 Å². The van der Waals surface area contributed by atoms with Gasteiger partial charge in [0.2, 0.25) is 0 Å². The lowest BCUT2D eigenvalue weighted by atomic mass is 9.97. The van der Waals surface area contributed by atoms with Crippen molar-refractivity contribution in [2.24, 2.45) is 0 Å². The van der Waals surface area contributed by atoms with Crippen LogP contribution in [0.2, 0.25) is 0 Å². The quantitative estimate of drug-likeness (QED) is 0.849. The maximum Gasteiger partial charge on any atom is 0.278 e. The molecule has 0 N–H and O–H groups in total. The molecule has 0 aliphatic rings. The summed E-state index contributed by atoms with van der Waals surface area (Å²) in [6.45, 7) is 8.23. The zero-order valence-corrected chi connectivity index (χ0v) is 11.8. The van der Waals surface area contributed by atoms with Crippen molar-refractivity contribution in [1.82, 2.24) is 14.8 Å². The highest BCUT2D eigenvalue weighted by Gasteiger charge is 2.20. The van der Waals surface area contributed by atoms with Gasteiger partial charge in [-0.25, -0.2) is 4.68 Å². The summed E-state index contributed by atoms with van der Waals surface area (Å²) in [5, 5.41) is 4.40. The topological polar surface area (TPSA) is 47.8 Å². The summed E-state index contributed by atoms with van der Waals surface area (Å²) >= 11 is 0. The van der Waals surface area contributed by atoms with Gasteiger partial charge in [0, 0.05) is 23.7 Å². The van der Waals surface area contributed by atoms with E-state index in [0.29, 0.717) is 11.5 Å². The van der Waals surface area contributed by atoms with Crippen molar-refractivity contribution in [2.45, 2.75) is 40.0 Å². The molecule has 0 fully saturated rings. The van der Waals surface area contributed by atoms with Crippen LogP contribution in [0.15, 0.2) is 24.5 Å². The third-order valence-corrected chi connectivity index (χ3v) is 3.57. The molecular weight excluding hydrogens is 238 g/mol. The molecule has 2 heterocycles. The fraction of sp³-hybridized carbons (Fsp3) is 0.400. The Balaban J connectivity index is 2.45. The molecule has 2 aromatic heterocycles. The fourth-order valence-electron chi connectivity index (χ4n) is 2.39. The van der Waals surface area contributed by atoms with Gasteiger partial charge in [0.05, 0.1) is 5.69 Å². The number of hydrogen-bond acceptors (Lipinski definition) is 3. The zero-order chi connectivity index (χ0) is 14.0. The summed E-state index contributed by atoms with van der Waals surface area (Å²) in [7, 11) is 0. The first-order valence-corrected chi connectivity index (χ1v) is 6.57. The summed E-state index contributed by atoms with van der Waals surface area (Å²) in [5.74, 6) is 0.316. The average molecular weight is 257 g/mol. The van der Waals surface area contributed by atoms with Crippen LogP contribution in [0.1, 0.15) is 53.5 Å². The predicted octanol–water partition coefficient (Wildman–Crippen LogP) is 3.10. The predicted molar refractivity (Wildman–Crippen MR) is 74.4 cm³/mol. The molecule has 0 bridgehead atoms. The van der Waals surface area contributed by atoms with E-state index in [-0.39, 0.29) is 5.91 Å². The van der Waals surface area contributed by atoms with Crippen LogP contribution >= 0.6 is 0 Å². The number of aromatic nitrogens is 3.